The van der Waals surface area contributed by atoms with Crippen molar-refractivity contribution in [1.29, 1.82) is 0 Å². The van der Waals surface area contributed by atoms with E-state index >= 15 is 0 Å². The summed E-state index contributed by atoms with van der Waals surface area (Å²) in [6.07, 6.45) is -9.38. The number of nitrogens with zero attached hydrogens (tertiary/aromatic N) is 3. The summed E-state index contributed by atoms with van der Waals surface area (Å²) in [6, 6.07) is 1.03. The van der Waals surface area contributed by atoms with Gasteiger partial charge in [-0.3, -0.25) is 0 Å². The summed E-state index contributed by atoms with van der Waals surface area (Å²) >= 11 is 0. The molecule has 1 aromatic heterocycles. The maximum absolute atomic E-state index is 12.6. The van der Waals surface area contributed by atoms with E-state index in [1.54, 1.807) is 0 Å². The fraction of sp³-hybridized carbons (Fsp3) is 0.600. The summed E-state index contributed by atoms with van der Waals surface area (Å²) in [5, 5.41) is 2.36. The molecule has 1 heterocycles. The van der Waals surface area contributed by atoms with Gasteiger partial charge in [0.05, 0.1) is 0 Å². The monoisotopic (exact) mass is 302 g/mol. The Kier molecular flexibility index (Phi) is 4.66. The van der Waals surface area contributed by atoms with E-state index < -0.39 is 30.5 Å². The molecule has 0 bridgehead atoms. The first-order chi connectivity index (χ1) is 9.06. The summed E-state index contributed by atoms with van der Waals surface area (Å²) < 4.78 is 74.9. The Hall–Kier alpha value is -1.74. The van der Waals surface area contributed by atoms with Crippen LogP contribution in [0.15, 0.2) is 6.07 Å². The van der Waals surface area contributed by atoms with E-state index in [-0.39, 0.29) is 12.4 Å². The van der Waals surface area contributed by atoms with Gasteiger partial charge in [0.1, 0.15) is 18.2 Å². The minimum absolute atomic E-state index is 0.142. The van der Waals surface area contributed by atoms with Crippen LogP contribution < -0.4 is 10.2 Å². The smallest absolute Gasteiger partial charge is 0.373 e. The van der Waals surface area contributed by atoms with Crippen LogP contribution in [0.5, 0.6) is 0 Å². The van der Waals surface area contributed by atoms with E-state index in [4.69, 9.17) is 0 Å². The Morgan fingerprint density at radius 3 is 2.15 bits per heavy atom. The zero-order valence-electron chi connectivity index (χ0n) is 10.6. The van der Waals surface area contributed by atoms with Crippen LogP contribution in [0.3, 0.4) is 0 Å². The molecule has 0 aliphatic carbocycles. The molecule has 20 heavy (non-hydrogen) atoms. The van der Waals surface area contributed by atoms with E-state index in [2.05, 4.69) is 15.3 Å². The molecule has 0 aliphatic rings. The van der Waals surface area contributed by atoms with Gasteiger partial charge in [0.25, 0.3) is 0 Å². The van der Waals surface area contributed by atoms with Gasteiger partial charge in [-0.1, -0.05) is 0 Å². The fourth-order valence-corrected chi connectivity index (χ4v) is 1.42. The van der Waals surface area contributed by atoms with Crippen LogP contribution in [-0.4, -0.2) is 36.3 Å². The van der Waals surface area contributed by atoms with Crippen LogP contribution in [-0.2, 0) is 6.18 Å². The lowest BCUT2D eigenvalue weighted by Gasteiger charge is -2.24. The minimum Gasteiger partial charge on any atom is -0.373 e. The lowest BCUT2D eigenvalue weighted by molar-refractivity contribution is -0.144. The van der Waals surface area contributed by atoms with E-state index in [0.717, 1.165) is 6.07 Å². The summed E-state index contributed by atoms with van der Waals surface area (Å²) in [6.45, 7) is -0.141. The van der Waals surface area contributed by atoms with Gasteiger partial charge in [-0.25, -0.2) is 9.97 Å². The SMILES string of the molecule is CCN(CC(F)(F)F)c1cc(NC)nc(C(F)(F)F)n1. The highest BCUT2D eigenvalue weighted by molar-refractivity contribution is 5.49. The third-order valence-corrected chi connectivity index (χ3v) is 2.30. The molecule has 114 valence electrons. The van der Waals surface area contributed by atoms with Gasteiger partial charge in [0.15, 0.2) is 0 Å². The number of hydrogen-bond acceptors (Lipinski definition) is 4. The second-order valence-electron chi connectivity index (χ2n) is 3.81. The van der Waals surface area contributed by atoms with Crippen molar-refractivity contribution in [3.05, 3.63) is 11.9 Å². The highest BCUT2D eigenvalue weighted by Gasteiger charge is 2.37. The van der Waals surface area contributed by atoms with Crippen LogP contribution in [0.4, 0.5) is 38.0 Å². The topological polar surface area (TPSA) is 41.0 Å². The molecular formula is C10H12F6N4. The summed E-state index contributed by atoms with van der Waals surface area (Å²) in [5.74, 6) is -2.13. The fourth-order valence-electron chi connectivity index (χ4n) is 1.42. The van der Waals surface area contributed by atoms with Crippen molar-refractivity contribution in [1.82, 2.24) is 9.97 Å². The highest BCUT2D eigenvalue weighted by atomic mass is 19.4. The molecule has 0 aromatic carbocycles. The number of hydrogen-bond donors (Lipinski definition) is 1. The second kappa shape index (κ2) is 5.71. The van der Waals surface area contributed by atoms with Crippen LogP contribution in [0.2, 0.25) is 0 Å². The maximum atomic E-state index is 12.6. The van der Waals surface area contributed by atoms with Gasteiger partial charge in [0.2, 0.25) is 5.82 Å². The van der Waals surface area contributed by atoms with Gasteiger partial charge >= 0.3 is 12.4 Å². The number of anilines is 2. The van der Waals surface area contributed by atoms with Crippen molar-refractivity contribution in [3.8, 4) is 0 Å². The second-order valence-corrected chi connectivity index (χ2v) is 3.81. The van der Waals surface area contributed by atoms with Crippen molar-refractivity contribution in [2.75, 3.05) is 30.4 Å². The number of nitrogens with one attached hydrogen (secondary N) is 1. The third kappa shape index (κ3) is 4.42. The van der Waals surface area contributed by atoms with Gasteiger partial charge < -0.3 is 10.2 Å². The Bertz CT molecular complexity index is 456. The lowest BCUT2D eigenvalue weighted by Crippen LogP contribution is -2.35. The quantitative estimate of drug-likeness (QED) is 0.868. The van der Waals surface area contributed by atoms with E-state index in [1.165, 1.54) is 14.0 Å². The number of halogens is 6. The molecule has 0 saturated carbocycles. The molecule has 0 unspecified atom stereocenters. The predicted octanol–water partition coefficient (Wildman–Crippen LogP) is 2.93. The molecular weight excluding hydrogens is 290 g/mol. The first kappa shape index (κ1) is 16.3. The molecule has 1 rings (SSSR count). The highest BCUT2D eigenvalue weighted by Crippen LogP contribution is 2.30. The maximum Gasteiger partial charge on any atom is 0.451 e. The normalized spacial score (nSPS) is 12.4. The van der Waals surface area contributed by atoms with Crippen molar-refractivity contribution in [3.63, 3.8) is 0 Å². The van der Waals surface area contributed by atoms with Crippen LogP contribution >= 0.6 is 0 Å². The summed E-state index contributed by atoms with van der Waals surface area (Å²) in [7, 11) is 1.31. The largest absolute Gasteiger partial charge is 0.451 e. The first-order valence-electron chi connectivity index (χ1n) is 5.52. The van der Waals surface area contributed by atoms with E-state index in [9.17, 15) is 26.3 Å². The van der Waals surface area contributed by atoms with Crippen LogP contribution in [0, 0.1) is 0 Å². The van der Waals surface area contributed by atoms with E-state index in [0.29, 0.717) is 4.90 Å². The Labute approximate surface area is 110 Å². The van der Waals surface area contributed by atoms with Crippen molar-refractivity contribution in [2.24, 2.45) is 0 Å². The van der Waals surface area contributed by atoms with Crippen LogP contribution in [0.25, 0.3) is 0 Å². The van der Waals surface area contributed by atoms with Crippen molar-refractivity contribution >= 4 is 11.6 Å². The Morgan fingerprint density at radius 2 is 1.75 bits per heavy atom. The Morgan fingerprint density at radius 1 is 1.15 bits per heavy atom. The van der Waals surface area contributed by atoms with Gasteiger partial charge in [-0.2, -0.15) is 26.3 Å². The van der Waals surface area contributed by atoms with Gasteiger partial charge in [-0.05, 0) is 6.92 Å². The molecule has 0 fully saturated rings. The number of aromatic nitrogens is 2. The molecule has 4 nitrogen and oxygen atoms in total. The minimum atomic E-state index is -4.83. The van der Waals surface area contributed by atoms with Gasteiger partial charge in [0, 0.05) is 19.7 Å². The first-order valence-corrected chi connectivity index (χ1v) is 5.52. The van der Waals surface area contributed by atoms with E-state index in [1.807, 2.05) is 0 Å². The molecule has 1 N–H and O–H groups in total. The molecule has 0 spiro atoms. The zero-order chi connectivity index (χ0) is 15.6. The molecule has 0 saturated heterocycles. The zero-order valence-corrected chi connectivity index (χ0v) is 10.6. The lowest BCUT2D eigenvalue weighted by atomic mass is 10.4. The van der Waals surface area contributed by atoms with Crippen molar-refractivity contribution < 1.29 is 26.3 Å². The molecule has 0 atom stereocenters. The predicted molar refractivity (Wildman–Crippen MR) is 60.5 cm³/mol. The summed E-state index contributed by atoms with van der Waals surface area (Å²) in [5.41, 5.74) is 0. The summed E-state index contributed by atoms with van der Waals surface area (Å²) in [4.78, 5) is 7.03. The number of alkyl halides is 6. The number of rotatable bonds is 4. The third-order valence-electron chi connectivity index (χ3n) is 2.30. The molecule has 1 aromatic rings. The Balaban J connectivity index is 3.21. The van der Waals surface area contributed by atoms with Crippen LogP contribution in [0.1, 0.15) is 12.7 Å². The molecule has 0 radical (unpaired) electrons. The molecule has 0 aliphatic heterocycles. The van der Waals surface area contributed by atoms with Gasteiger partial charge in [-0.15, -0.1) is 0 Å². The standard InChI is InChI=1S/C10H12F6N4/c1-3-20(5-9(11,12)13)7-4-6(17-2)18-8(19-7)10(14,15)16/h4H,3,5H2,1-2H3,(H,17,18,19). The average molecular weight is 302 g/mol. The average Bonchev–Trinajstić information content (AvgIpc) is 2.33. The molecule has 0 amide bonds. The molecule has 10 heteroatoms. The van der Waals surface area contributed by atoms with Crippen molar-refractivity contribution in [2.45, 2.75) is 19.3 Å².